The van der Waals surface area contributed by atoms with Gasteiger partial charge in [-0.15, -0.1) is 0 Å². The third kappa shape index (κ3) is 2.75. The van der Waals surface area contributed by atoms with Crippen molar-refractivity contribution in [2.45, 2.75) is 51.6 Å². The quantitative estimate of drug-likeness (QED) is 0.805. The summed E-state index contributed by atoms with van der Waals surface area (Å²) >= 11 is 0. The normalized spacial score (nSPS) is 17.4. The van der Waals surface area contributed by atoms with Crippen LogP contribution in [0.15, 0.2) is 6.20 Å². The Bertz CT molecular complexity index is 381. The highest BCUT2D eigenvalue weighted by Gasteiger charge is 2.34. The largest absolute Gasteiger partial charge is 0.329 e. The lowest BCUT2D eigenvalue weighted by Gasteiger charge is -2.31. The first-order chi connectivity index (χ1) is 8.69. The molecular formula is C14H26N4. The summed E-state index contributed by atoms with van der Waals surface area (Å²) in [5, 5.41) is 4.36. The summed E-state index contributed by atoms with van der Waals surface area (Å²) in [6.07, 6.45) is 7.16. The van der Waals surface area contributed by atoms with E-state index in [2.05, 4.69) is 23.8 Å². The van der Waals surface area contributed by atoms with E-state index >= 15 is 0 Å². The molecule has 1 saturated carbocycles. The van der Waals surface area contributed by atoms with Crippen LogP contribution in [0, 0.1) is 6.92 Å². The van der Waals surface area contributed by atoms with Crippen molar-refractivity contribution in [3.05, 3.63) is 17.5 Å². The molecule has 0 spiro atoms. The molecular weight excluding hydrogens is 224 g/mol. The van der Waals surface area contributed by atoms with E-state index < -0.39 is 0 Å². The Balaban J connectivity index is 2.16. The number of hydrogen-bond acceptors (Lipinski definition) is 3. The van der Waals surface area contributed by atoms with E-state index in [-0.39, 0.29) is 0 Å². The highest BCUT2D eigenvalue weighted by Crippen LogP contribution is 2.35. The summed E-state index contributed by atoms with van der Waals surface area (Å²) in [7, 11) is 2.00. The first-order valence-corrected chi connectivity index (χ1v) is 7.13. The number of hydrogen-bond donors (Lipinski definition) is 1. The smallest absolute Gasteiger partial charge is 0.0540 e. The molecule has 1 aromatic rings. The van der Waals surface area contributed by atoms with E-state index in [9.17, 15) is 0 Å². The fraction of sp³-hybridized carbons (Fsp3) is 0.786. The summed E-state index contributed by atoms with van der Waals surface area (Å²) < 4.78 is 1.95. The van der Waals surface area contributed by atoms with Crippen molar-refractivity contribution in [1.29, 1.82) is 0 Å². The molecule has 1 unspecified atom stereocenters. The first-order valence-electron chi connectivity index (χ1n) is 7.13. The van der Waals surface area contributed by atoms with Gasteiger partial charge in [-0.25, -0.2) is 0 Å². The van der Waals surface area contributed by atoms with Crippen molar-refractivity contribution in [1.82, 2.24) is 14.7 Å². The first kappa shape index (κ1) is 13.6. The third-order valence-corrected chi connectivity index (χ3v) is 4.04. The minimum atomic E-state index is 0.345. The number of unbranched alkanes of at least 4 members (excludes halogenated alkanes) is 1. The van der Waals surface area contributed by atoms with Crippen molar-refractivity contribution in [3.63, 3.8) is 0 Å². The predicted octanol–water partition coefficient (Wildman–Crippen LogP) is 1.99. The summed E-state index contributed by atoms with van der Waals surface area (Å²) in [5.74, 6) is 0. The van der Waals surface area contributed by atoms with Gasteiger partial charge in [0, 0.05) is 30.9 Å². The van der Waals surface area contributed by atoms with Gasteiger partial charge in [-0.05, 0) is 32.7 Å². The summed E-state index contributed by atoms with van der Waals surface area (Å²) in [6, 6.07) is 1.10. The second-order valence-corrected chi connectivity index (χ2v) is 5.38. The Labute approximate surface area is 110 Å². The predicted molar refractivity (Wildman–Crippen MR) is 74.4 cm³/mol. The molecule has 2 rings (SSSR count). The second-order valence-electron chi connectivity index (χ2n) is 5.38. The van der Waals surface area contributed by atoms with Gasteiger partial charge in [0.2, 0.25) is 0 Å². The van der Waals surface area contributed by atoms with Crippen molar-refractivity contribution in [2.75, 3.05) is 13.1 Å². The van der Waals surface area contributed by atoms with E-state index in [1.807, 2.05) is 17.9 Å². The SMILES string of the molecule is CCCCN(C1CC1)C(CN)c1cnn(C)c1C. The number of nitrogens with two attached hydrogens (primary N) is 1. The molecule has 1 aliphatic carbocycles. The fourth-order valence-corrected chi connectivity index (χ4v) is 2.62. The Kier molecular flexibility index (Phi) is 4.40. The minimum Gasteiger partial charge on any atom is -0.329 e. The molecule has 0 bridgehead atoms. The Morgan fingerprint density at radius 1 is 1.56 bits per heavy atom. The number of nitrogens with zero attached hydrogens (tertiary/aromatic N) is 3. The molecule has 0 aromatic carbocycles. The molecule has 0 amide bonds. The third-order valence-electron chi connectivity index (χ3n) is 4.04. The zero-order valence-corrected chi connectivity index (χ0v) is 11.9. The van der Waals surface area contributed by atoms with Crippen molar-refractivity contribution in [2.24, 2.45) is 12.8 Å². The molecule has 0 radical (unpaired) electrons. The maximum atomic E-state index is 6.04. The van der Waals surface area contributed by atoms with Crippen LogP contribution in [0.3, 0.4) is 0 Å². The maximum Gasteiger partial charge on any atom is 0.0540 e. The average Bonchev–Trinajstić information content (AvgIpc) is 3.15. The Hall–Kier alpha value is -0.870. The van der Waals surface area contributed by atoms with Gasteiger partial charge >= 0.3 is 0 Å². The summed E-state index contributed by atoms with van der Waals surface area (Å²) in [4.78, 5) is 2.60. The standard InChI is InChI=1S/C14H26N4/c1-4-5-8-18(12-6-7-12)14(9-15)13-10-16-17(3)11(13)2/h10,12,14H,4-9,15H2,1-3H3. The lowest BCUT2D eigenvalue weighted by atomic mass is 10.1. The molecule has 4 heteroatoms. The van der Waals surface area contributed by atoms with Crippen LogP contribution in [0.1, 0.15) is 49.9 Å². The number of aryl methyl sites for hydroxylation is 1. The Morgan fingerprint density at radius 2 is 2.28 bits per heavy atom. The van der Waals surface area contributed by atoms with Gasteiger partial charge in [-0.3, -0.25) is 9.58 Å². The second kappa shape index (κ2) is 5.85. The zero-order valence-electron chi connectivity index (χ0n) is 11.9. The molecule has 18 heavy (non-hydrogen) atoms. The molecule has 1 atom stereocenters. The van der Waals surface area contributed by atoms with Crippen LogP contribution in [0.5, 0.6) is 0 Å². The van der Waals surface area contributed by atoms with Gasteiger partial charge in [0.1, 0.15) is 0 Å². The van der Waals surface area contributed by atoms with Crippen LogP contribution in [-0.2, 0) is 7.05 Å². The zero-order chi connectivity index (χ0) is 13.1. The fourth-order valence-electron chi connectivity index (χ4n) is 2.62. The molecule has 0 saturated heterocycles. The van der Waals surface area contributed by atoms with Crippen LogP contribution < -0.4 is 5.73 Å². The molecule has 1 fully saturated rings. The summed E-state index contributed by atoms with van der Waals surface area (Å²) in [6.45, 7) is 6.23. The van der Waals surface area contributed by atoms with Gasteiger partial charge in [0.05, 0.1) is 12.2 Å². The minimum absolute atomic E-state index is 0.345. The van der Waals surface area contributed by atoms with E-state index in [0.29, 0.717) is 12.6 Å². The van der Waals surface area contributed by atoms with Crippen LogP contribution in [0.25, 0.3) is 0 Å². The van der Waals surface area contributed by atoms with Crippen LogP contribution >= 0.6 is 0 Å². The highest BCUT2D eigenvalue weighted by atomic mass is 15.3. The van der Waals surface area contributed by atoms with Gasteiger partial charge < -0.3 is 5.73 Å². The molecule has 0 aliphatic heterocycles. The monoisotopic (exact) mass is 250 g/mol. The summed E-state index contributed by atoms with van der Waals surface area (Å²) in [5.41, 5.74) is 8.59. The molecule has 1 aromatic heterocycles. The van der Waals surface area contributed by atoms with Crippen LogP contribution in [0.2, 0.25) is 0 Å². The lowest BCUT2D eigenvalue weighted by molar-refractivity contribution is 0.187. The topological polar surface area (TPSA) is 47.1 Å². The van der Waals surface area contributed by atoms with Gasteiger partial charge in [0.15, 0.2) is 0 Å². The van der Waals surface area contributed by atoms with Crippen molar-refractivity contribution in [3.8, 4) is 0 Å². The lowest BCUT2D eigenvalue weighted by Crippen LogP contribution is -2.36. The molecule has 102 valence electrons. The molecule has 1 aliphatic rings. The maximum absolute atomic E-state index is 6.04. The molecule has 2 N–H and O–H groups in total. The molecule has 4 nitrogen and oxygen atoms in total. The number of aromatic nitrogens is 2. The number of rotatable bonds is 7. The van der Waals surface area contributed by atoms with E-state index in [0.717, 1.165) is 12.6 Å². The Morgan fingerprint density at radius 3 is 2.72 bits per heavy atom. The van der Waals surface area contributed by atoms with Crippen LogP contribution in [0.4, 0.5) is 0 Å². The van der Waals surface area contributed by atoms with E-state index in [1.54, 1.807) is 0 Å². The van der Waals surface area contributed by atoms with Gasteiger partial charge in [0.25, 0.3) is 0 Å². The average molecular weight is 250 g/mol. The van der Waals surface area contributed by atoms with Crippen molar-refractivity contribution >= 4 is 0 Å². The highest BCUT2D eigenvalue weighted by molar-refractivity contribution is 5.21. The van der Waals surface area contributed by atoms with E-state index in [1.165, 1.54) is 36.9 Å². The van der Waals surface area contributed by atoms with E-state index in [4.69, 9.17) is 5.73 Å². The van der Waals surface area contributed by atoms with Gasteiger partial charge in [-0.2, -0.15) is 5.10 Å². The molecule has 1 heterocycles. The van der Waals surface area contributed by atoms with Crippen LogP contribution in [-0.4, -0.2) is 33.8 Å². The van der Waals surface area contributed by atoms with Crippen molar-refractivity contribution < 1.29 is 0 Å². The van der Waals surface area contributed by atoms with Gasteiger partial charge in [-0.1, -0.05) is 13.3 Å².